The predicted octanol–water partition coefficient (Wildman–Crippen LogP) is 2.77. The van der Waals surface area contributed by atoms with E-state index < -0.39 is 29.7 Å². The van der Waals surface area contributed by atoms with Crippen molar-refractivity contribution in [2.45, 2.75) is 18.9 Å². The number of aliphatic hydroxyl groups is 1. The first-order chi connectivity index (χ1) is 12.4. The zero-order valence-electron chi connectivity index (χ0n) is 13.9. The highest BCUT2D eigenvalue weighted by Gasteiger charge is 2.51. The lowest BCUT2D eigenvalue weighted by molar-refractivity contribution is -0.144. The molecule has 1 aliphatic rings. The third kappa shape index (κ3) is 3.25. The van der Waals surface area contributed by atoms with Crippen LogP contribution in [0.2, 0.25) is 4.34 Å². The molecule has 0 radical (unpaired) electrons. The van der Waals surface area contributed by atoms with Crippen LogP contribution in [0.5, 0.6) is 0 Å². The van der Waals surface area contributed by atoms with Crippen LogP contribution in [0.4, 0.5) is 5.69 Å². The predicted molar refractivity (Wildman–Crippen MR) is 97.6 cm³/mol. The number of thiophene rings is 1. The molecular formula is C18H16ClNO5S. The molecule has 1 amide bonds. The number of esters is 1. The van der Waals surface area contributed by atoms with Crippen molar-refractivity contribution >= 4 is 46.3 Å². The summed E-state index contributed by atoms with van der Waals surface area (Å²) in [5.41, 5.74) is -1.34. The maximum atomic E-state index is 12.9. The molecule has 26 heavy (non-hydrogen) atoms. The summed E-state index contributed by atoms with van der Waals surface area (Å²) in [5, 5.41) is 11.1. The van der Waals surface area contributed by atoms with E-state index in [-0.39, 0.29) is 13.2 Å². The Labute approximate surface area is 158 Å². The number of benzene rings is 1. The summed E-state index contributed by atoms with van der Waals surface area (Å²) >= 11 is 6.94. The van der Waals surface area contributed by atoms with Crippen molar-refractivity contribution in [2.24, 2.45) is 0 Å². The number of anilines is 1. The highest BCUT2D eigenvalue weighted by molar-refractivity contribution is 7.18. The van der Waals surface area contributed by atoms with Gasteiger partial charge in [0.25, 0.3) is 5.91 Å². The van der Waals surface area contributed by atoms with Crippen molar-refractivity contribution < 1.29 is 24.2 Å². The van der Waals surface area contributed by atoms with Gasteiger partial charge in [0.15, 0.2) is 11.4 Å². The summed E-state index contributed by atoms with van der Waals surface area (Å²) in [4.78, 5) is 38.8. The molecule has 1 N–H and O–H groups in total. The maximum Gasteiger partial charge on any atom is 0.326 e. The average molecular weight is 394 g/mol. The minimum Gasteiger partial charge on any atom is -0.465 e. The second kappa shape index (κ2) is 7.19. The second-order valence-corrected chi connectivity index (χ2v) is 7.49. The fourth-order valence-electron chi connectivity index (χ4n) is 2.95. The number of Topliss-reactive ketones (excluding diaryl/α,β-unsaturated/α-hetero) is 1. The Morgan fingerprint density at radius 1 is 1.27 bits per heavy atom. The Bertz CT molecular complexity index is 880. The molecule has 0 saturated carbocycles. The van der Waals surface area contributed by atoms with Gasteiger partial charge in [0.2, 0.25) is 0 Å². The van der Waals surface area contributed by atoms with Crippen molar-refractivity contribution in [3.8, 4) is 0 Å². The lowest BCUT2D eigenvalue weighted by Gasteiger charge is -2.22. The Hall–Kier alpha value is -2.22. The first-order valence-electron chi connectivity index (χ1n) is 7.95. The Morgan fingerprint density at radius 3 is 2.65 bits per heavy atom. The first kappa shape index (κ1) is 18.6. The standard InChI is InChI=1S/C18H16ClNO5S/c1-2-25-16(22)10-20-12-6-4-3-5-11(12)18(24,17(20)23)9-13(21)14-7-8-15(19)26-14/h3-8,24H,2,9-10H2,1H3/t18-/m0/s1. The molecule has 1 aromatic carbocycles. The number of carbonyl (C=O) groups excluding carboxylic acids is 3. The molecule has 0 fully saturated rings. The van der Waals surface area contributed by atoms with Gasteiger partial charge in [0, 0.05) is 5.56 Å². The zero-order chi connectivity index (χ0) is 18.9. The molecule has 2 aromatic rings. The number of nitrogens with zero attached hydrogens (tertiary/aromatic N) is 1. The largest absolute Gasteiger partial charge is 0.465 e. The van der Waals surface area contributed by atoms with Gasteiger partial charge in [-0.2, -0.15) is 0 Å². The lowest BCUT2D eigenvalue weighted by Crippen LogP contribution is -2.43. The molecular weight excluding hydrogens is 378 g/mol. The molecule has 1 aromatic heterocycles. The number of carbonyl (C=O) groups is 3. The van der Waals surface area contributed by atoms with Gasteiger partial charge >= 0.3 is 5.97 Å². The van der Waals surface area contributed by atoms with Gasteiger partial charge in [0.1, 0.15) is 6.54 Å². The number of halogens is 1. The smallest absolute Gasteiger partial charge is 0.326 e. The number of para-hydroxylation sites is 1. The molecule has 6 nitrogen and oxygen atoms in total. The van der Waals surface area contributed by atoms with E-state index in [1.165, 1.54) is 0 Å². The van der Waals surface area contributed by atoms with E-state index in [2.05, 4.69) is 0 Å². The number of ketones is 1. The molecule has 8 heteroatoms. The Morgan fingerprint density at radius 2 is 2.00 bits per heavy atom. The van der Waals surface area contributed by atoms with E-state index in [9.17, 15) is 19.5 Å². The minimum absolute atomic E-state index is 0.185. The van der Waals surface area contributed by atoms with Crippen LogP contribution in [-0.2, 0) is 19.9 Å². The van der Waals surface area contributed by atoms with Gasteiger partial charge in [-0.15, -0.1) is 11.3 Å². The van der Waals surface area contributed by atoms with Crippen molar-refractivity contribution in [2.75, 3.05) is 18.1 Å². The zero-order valence-corrected chi connectivity index (χ0v) is 15.5. The number of rotatable bonds is 6. The lowest BCUT2D eigenvalue weighted by atomic mass is 9.89. The minimum atomic E-state index is -2.03. The van der Waals surface area contributed by atoms with Gasteiger partial charge in [-0.05, 0) is 25.1 Å². The Balaban J connectivity index is 1.92. The molecule has 0 saturated heterocycles. The fourth-order valence-corrected chi connectivity index (χ4v) is 3.93. The van der Waals surface area contributed by atoms with E-state index in [1.54, 1.807) is 43.3 Å². The maximum absolute atomic E-state index is 12.9. The van der Waals surface area contributed by atoms with Gasteiger partial charge in [-0.1, -0.05) is 29.8 Å². The third-order valence-corrected chi connectivity index (χ3v) is 5.37. The first-order valence-corrected chi connectivity index (χ1v) is 9.14. The molecule has 1 aliphatic heterocycles. The van der Waals surface area contributed by atoms with Crippen molar-refractivity contribution in [3.63, 3.8) is 0 Å². The third-order valence-electron chi connectivity index (χ3n) is 4.10. The van der Waals surface area contributed by atoms with E-state index in [1.807, 2.05) is 0 Å². The highest BCUT2D eigenvalue weighted by Crippen LogP contribution is 2.43. The fraction of sp³-hybridized carbons (Fsp3) is 0.278. The van der Waals surface area contributed by atoms with Crippen LogP contribution in [-0.4, -0.2) is 35.9 Å². The van der Waals surface area contributed by atoms with Crippen LogP contribution < -0.4 is 4.90 Å². The van der Waals surface area contributed by atoms with E-state index in [0.29, 0.717) is 20.5 Å². The van der Waals surface area contributed by atoms with Crippen molar-refractivity contribution in [1.82, 2.24) is 0 Å². The molecule has 1 atom stereocenters. The van der Waals surface area contributed by atoms with E-state index in [4.69, 9.17) is 16.3 Å². The van der Waals surface area contributed by atoms with Crippen molar-refractivity contribution in [1.29, 1.82) is 0 Å². The van der Waals surface area contributed by atoms with Crippen LogP contribution >= 0.6 is 22.9 Å². The molecule has 0 bridgehead atoms. The normalized spacial score (nSPS) is 18.7. The van der Waals surface area contributed by atoms with Gasteiger partial charge in [0.05, 0.1) is 27.9 Å². The molecule has 0 aliphatic carbocycles. The molecule has 136 valence electrons. The molecule has 2 heterocycles. The van der Waals surface area contributed by atoms with Crippen LogP contribution in [0.3, 0.4) is 0 Å². The SMILES string of the molecule is CCOC(=O)CN1C(=O)[C@](O)(CC(=O)c2ccc(Cl)s2)c2ccccc21. The summed E-state index contributed by atoms with van der Waals surface area (Å²) in [6.45, 7) is 1.52. The van der Waals surface area contributed by atoms with Gasteiger partial charge < -0.3 is 9.84 Å². The Kier molecular flexibility index (Phi) is 5.13. The summed E-state index contributed by atoms with van der Waals surface area (Å²) < 4.78 is 5.34. The molecule has 3 rings (SSSR count). The topological polar surface area (TPSA) is 83.9 Å². The van der Waals surface area contributed by atoms with E-state index in [0.717, 1.165) is 16.2 Å². The average Bonchev–Trinajstić information content (AvgIpc) is 3.12. The highest BCUT2D eigenvalue weighted by atomic mass is 35.5. The van der Waals surface area contributed by atoms with Crippen molar-refractivity contribution in [3.05, 3.63) is 51.2 Å². The number of amides is 1. The number of hydrogen-bond donors (Lipinski definition) is 1. The van der Waals surface area contributed by atoms with Crippen LogP contribution in [0.15, 0.2) is 36.4 Å². The summed E-state index contributed by atoms with van der Waals surface area (Å²) in [5.74, 6) is -1.70. The number of ether oxygens (including phenoxy) is 1. The van der Waals surface area contributed by atoms with Gasteiger partial charge in [-0.25, -0.2) is 0 Å². The summed E-state index contributed by atoms with van der Waals surface area (Å²) in [6, 6.07) is 9.69. The second-order valence-electron chi connectivity index (χ2n) is 5.78. The number of hydrogen-bond acceptors (Lipinski definition) is 6. The summed E-state index contributed by atoms with van der Waals surface area (Å²) in [6.07, 6.45) is -0.432. The number of fused-ring (bicyclic) bond motifs is 1. The van der Waals surface area contributed by atoms with Gasteiger partial charge in [-0.3, -0.25) is 19.3 Å². The monoisotopic (exact) mass is 393 g/mol. The molecule has 0 unspecified atom stereocenters. The van der Waals surface area contributed by atoms with Crippen LogP contribution in [0.1, 0.15) is 28.6 Å². The van der Waals surface area contributed by atoms with Crippen LogP contribution in [0, 0.1) is 0 Å². The van der Waals surface area contributed by atoms with E-state index >= 15 is 0 Å². The quantitative estimate of drug-likeness (QED) is 0.602. The summed E-state index contributed by atoms with van der Waals surface area (Å²) in [7, 11) is 0. The van der Waals surface area contributed by atoms with Crippen LogP contribution in [0.25, 0.3) is 0 Å². The molecule has 0 spiro atoms.